The van der Waals surface area contributed by atoms with Crippen molar-refractivity contribution in [2.75, 3.05) is 0 Å². The molecule has 0 saturated carbocycles. The lowest BCUT2D eigenvalue weighted by molar-refractivity contribution is -0.137. The number of rotatable bonds is 2. The van der Waals surface area contributed by atoms with E-state index < -0.39 is 11.7 Å². The van der Waals surface area contributed by atoms with Gasteiger partial charge in [0.2, 0.25) is 0 Å². The van der Waals surface area contributed by atoms with Crippen LogP contribution >= 0.6 is 31.9 Å². The van der Waals surface area contributed by atoms with Gasteiger partial charge in [0, 0.05) is 5.33 Å². The van der Waals surface area contributed by atoms with Crippen molar-refractivity contribution in [1.29, 1.82) is 0 Å². The zero-order valence-electron chi connectivity index (χ0n) is 10.7. The molecule has 0 atom stereocenters. The zero-order valence-corrected chi connectivity index (χ0v) is 13.9. The molecule has 0 aliphatic heterocycles. The first kappa shape index (κ1) is 15.6. The number of alkyl halides is 4. The smallest absolute Gasteiger partial charge is 0.236 e. The first-order valence-electron chi connectivity index (χ1n) is 5.74. The van der Waals surface area contributed by atoms with Crippen molar-refractivity contribution in [3.63, 3.8) is 0 Å². The van der Waals surface area contributed by atoms with Crippen LogP contribution in [0.5, 0.6) is 0 Å². The number of benzene rings is 1. The van der Waals surface area contributed by atoms with E-state index >= 15 is 0 Å². The summed E-state index contributed by atoms with van der Waals surface area (Å²) in [6, 6.07) is 4.25. The molecule has 0 aliphatic rings. The van der Waals surface area contributed by atoms with Crippen molar-refractivity contribution < 1.29 is 13.2 Å². The standard InChI is InChI=1S/C13H11Br2F3N2/c1-7-12(15)8(2)20(19-7)11-4-3-9(6-14)5-10(11)13(16,17)18/h3-5H,6H2,1-2H3. The van der Waals surface area contributed by atoms with E-state index in [2.05, 4.69) is 37.0 Å². The van der Waals surface area contributed by atoms with Crippen molar-refractivity contribution in [1.82, 2.24) is 9.78 Å². The molecule has 0 fully saturated rings. The van der Waals surface area contributed by atoms with Gasteiger partial charge in [-0.2, -0.15) is 18.3 Å². The molecule has 1 aromatic heterocycles. The maximum Gasteiger partial charge on any atom is 0.418 e. The van der Waals surface area contributed by atoms with Gasteiger partial charge >= 0.3 is 6.18 Å². The molecule has 7 heteroatoms. The summed E-state index contributed by atoms with van der Waals surface area (Å²) >= 11 is 6.50. The fraction of sp³-hybridized carbons (Fsp3) is 0.308. The Balaban J connectivity index is 2.70. The largest absolute Gasteiger partial charge is 0.418 e. The molecule has 2 aromatic rings. The van der Waals surface area contributed by atoms with Crippen LogP contribution in [-0.2, 0) is 11.5 Å². The third-order valence-electron chi connectivity index (χ3n) is 2.95. The van der Waals surface area contributed by atoms with Gasteiger partial charge in [-0.1, -0.05) is 22.0 Å². The molecular weight excluding hydrogens is 401 g/mol. The van der Waals surface area contributed by atoms with Crippen LogP contribution < -0.4 is 0 Å². The molecule has 0 radical (unpaired) electrons. The topological polar surface area (TPSA) is 17.8 Å². The maximum absolute atomic E-state index is 13.2. The van der Waals surface area contributed by atoms with Crippen LogP contribution in [0.2, 0.25) is 0 Å². The molecule has 0 aliphatic carbocycles. The Morgan fingerprint density at radius 3 is 2.35 bits per heavy atom. The Bertz CT molecular complexity index is 648. The van der Waals surface area contributed by atoms with Gasteiger partial charge in [0.1, 0.15) is 0 Å². The molecule has 0 spiro atoms. The highest BCUT2D eigenvalue weighted by Gasteiger charge is 2.35. The number of hydrogen-bond acceptors (Lipinski definition) is 1. The lowest BCUT2D eigenvalue weighted by atomic mass is 10.1. The average Bonchev–Trinajstić information content (AvgIpc) is 2.65. The summed E-state index contributed by atoms with van der Waals surface area (Å²) in [5, 5.41) is 4.54. The highest BCUT2D eigenvalue weighted by molar-refractivity contribution is 9.10. The fourth-order valence-electron chi connectivity index (χ4n) is 1.94. The summed E-state index contributed by atoms with van der Waals surface area (Å²) in [5.41, 5.74) is 1.21. The van der Waals surface area contributed by atoms with Crippen LogP contribution in [0, 0.1) is 13.8 Å². The van der Waals surface area contributed by atoms with Crippen LogP contribution in [0.1, 0.15) is 22.5 Å². The summed E-state index contributed by atoms with van der Waals surface area (Å²) in [7, 11) is 0. The van der Waals surface area contributed by atoms with E-state index in [0.29, 0.717) is 22.3 Å². The summed E-state index contributed by atoms with van der Waals surface area (Å²) in [4.78, 5) is 0. The van der Waals surface area contributed by atoms with Crippen molar-refractivity contribution in [3.05, 3.63) is 45.2 Å². The fourth-order valence-corrected chi connectivity index (χ4v) is 2.53. The normalized spacial score (nSPS) is 11.9. The Morgan fingerprint density at radius 1 is 1.25 bits per heavy atom. The van der Waals surface area contributed by atoms with Crippen LogP contribution in [-0.4, -0.2) is 9.78 Å². The minimum Gasteiger partial charge on any atom is -0.236 e. The van der Waals surface area contributed by atoms with Crippen LogP contribution in [0.3, 0.4) is 0 Å². The highest BCUT2D eigenvalue weighted by Crippen LogP contribution is 2.36. The molecule has 1 aromatic carbocycles. The van der Waals surface area contributed by atoms with E-state index in [1.807, 2.05) is 0 Å². The quantitative estimate of drug-likeness (QED) is 0.623. The molecule has 0 saturated heterocycles. The third kappa shape index (κ3) is 2.79. The summed E-state index contributed by atoms with van der Waals surface area (Å²) in [6.45, 7) is 3.47. The molecule has 2 rings (SSSR count). The van der Waals surface area contributed by atoms with Gasteiger partial charge in [0.15, 0.2) is 0 Å². The number of aryl methyl sites for hydroxylation is 1. The van der Waals surface area contributed by atoms with Gasteiger partial charge in [-0.05, 0) is 47.5 Å². The van der Waals surface area contributed by atoms with Crippen molar-refractivity contribution in [3.8, 4) is 5.69 Å². The van der Waals surface area contributed by atoms with Crippen LogP contribution in [0.4, 0.5) is 13.2 Å². The minimum absolute atomic E-state index is 0.0356. The number of hydrogen-bond donors (Lipinski definition) is 0. The van der Waals surface area contributed by atoms with E-state index in [9.17, 15) is 13.2 Å². The van der Waals surface area contributed by atoms with E-state index in [-0.39, 0.29) is 5.69 Å². The Labute approximate surface area is 131 Å². The molecule has 1 heterocycles. The SMILES string of the molecule is Cc1nn(-c2ccc(CBr)cc2C(F)(F)F)c(C)c1Br. The van der Waals surface area contributed by atoms with E-state index in [4.69, 9.17) is 0 Å². The minimum atomic E-state index is -4.42. The van der Waals surface area contributed by atoms with E-state index in [1.165, 1.54) is 10.7 Å². The number of halogens is 5. The second kappa shape index (κ2) is 5.52. The first-order chi connectivity index (χ1) is 9.25. The third-order valence-corrected chi connectivity index (χ3v) is 4.75. The predicted molar refractivity (Wildman–Crippen MR) is 78.4 cm³/mol. The molecule has 108 valence electrons. The molecule has 2 nitrogen and oxygen atoms in total. The van der Waals surface area contributed by atoms with Gasteiger partial charge in [-0.25, -0.2) is 4.68 Å². The van der Waals surface area contributed by atoms with E-state index in [0.717, 1.165) is 10.5 Å². The van der Waals surface area contributed by atoms with Crippen LogP contribution in [0.25, 0.3) is 5.69 Å². The van der Waals surface area contributed by atoms with Crippen molar-refractivity contribution >= 4 is 31.9 Å². The number of aromatic nitrogens is 2. The van der Waals surface area contributed by atoms with Crippen molar-refractivity contribution in [2.24, 2.45) is 0 Å². The summed E-state index contributed by atoms with van der Waals surface area (Å²) < 4.78 is 41.7. The molecule has 0 unspecified atom stereocenters. The van der Waals surface area contributed by atoms with E-state index in [1.54, 1.807) is 19.9 Å². The lowest BCUT2D eigenvalue weighted by Gasteiger charge is -2.15. The average molecular weight is 412 g/mol. The highest BCUT2D eigenvalue weighted by atomic mass is 79.9. The number of nitrogens with zero attached hydrogens (tertiary/aromatic N) is 2. The van der Waals surface area contributed by atoms with Crippen molar-refractivity contribution in [2.45, 2.75) is 25.4 Å². The first-order valence-corrected chi connectivity index (χ1v) is 7.65. The summed E-state index contributed by atoms with van der Waals surface area (Å²) in [5.74, 6) is 0. The molecule has 20 heavy (non-hydrogen) atoms. The van der Waals surface area contributed by atoms with Gasteiger partial charge in [0.05, 0.1) is 27.1 Å². The Kier molecular flexibility index (Phi) is 4.30. The molecule has 0 N–H and O–H groups in total. The second-order valence-electron chi connectivity index (χ2n) is 4.38. The summed E-state index contributed by atoms with van der Waals surface area (Å²) in [6.07, 6.45) is -4.42. The Hall–Kier alpha value is -0.820. The zero-order chi connectivity index (χ0) is 15.1. The maximum atomic E-state index is 13.2. The predicted octanol–water partition coefficient (Wildman–Crippen LogP) is 5.17. The van der Waals surface area contributed by atoms with Gasteiger partial charge in [-0.3, -0.25) is 0 Å². The van der Waals surface area contributed by atoms with Gasteiger partial charge in [0.25, 0.3) is 0 Å². The Morgan fingerprint density at radius 2 is 1.90 bits per heavy atom. The monoisotopic (exact) mass is 410 g/mol. The second-order valence-corrected chi connectivity index (χ2v) is 5.73. The van der Waals surface area contributed by atoms with Gasteiger partial charge < -0.3 is 0 Å². The lowest BCUT2D eigenvalue weighted by Crippen LogP contribution is -2.13. The molecular formula is C13H11Br2F3N2. The molecule has 0 bridgehead atoms. The molecule has 0 amide bonds. The van der Waals surface area contributed by atoms with Crippen LogP contribution in [0.15, 0.2) is 22.7 Å². The van der Waals surface area contributed by atoms with Gasteiger partial charge in [-0.15, -0.1) is 0 Å².